The van der Waals surface area contributed by atoms with E-state index in [1.807, 2.05) is 18.2 Å². The summed E-state index contributed by atoms with van der Waals surface area (Å²) in [4.78, 5) is 50.1. The molecule has 10 heteroatoms. The molecule has 3 atom stereocenters. The molecule has 40 heavy (non-hydrogen) atoms. The summed E-state index contributed by atoms with van der Waals surface area (Å²) in [5.41, 5.74) is 5.35. The van der Waals surface area contributed by atoms with Gasteiger partial charge in [-0.1, -0.05) is 58.7 Å². The third-order valence-corrected chi connectivity index (χ3v) is 6.51. The molecule has 0 spiro atoms. The summed E-state index contributed by atoms with van der Waals surface area (Å²) >= 11 is 0. The Morgan fingerprint density at radius 3 is 2.23 bits per heavy atom. The van der Waals surface area contributed by atoms with Crippen LogP contribution in [0, 0.1) is 28.6 Å². The molecule has 220 valence electrons. The maximum Gasteiger partial charge on any atom is 0.243 e. The quantitative estimate of drug-likeness (QED) is 0.400. The zero-order valence-corrected chi connectivity index (χ0v) is 24.6. The van der Waals surface area contributed by atoms with E-state index in [4.69, 9.17) is 4.79 Å². The van der Waals surface area contributed by atoms with Gasteiger partial charge in [0.15, 0.2) is 0 Å². The van der Waals surface area contributed by atoms with Crippen LogP contribution in [0.25, 0.3) is 0 Å². The zero-order chi connectivity index (χ0) is 29.9. The maximum atomic E-state index is 13.0. The number of hydrogen-bond donors (Lipinski definition) is 3. The van der Waals surface area contributed by atoms with E-state index >= 15 is 0 Å². The molecule has 1 aromatic rings. The highest BCUT2D eigenvalue weighted by Crippen LogP contribution is 2.35. The number of carbonyl (C=O) groups is 4. The van der Waals surface area contributed by atoms with Crippen LogP contribution in [-0.2, 0) is 19.2 Å². The largest absolute Gasteiger partial charge is 0.372 e. The monoisotopic (exact) mass is 554 g/mol. The number of likely N-dealkylation sites (N-methyl/N-ethyl adjacent to an activating group) is 1. The molecule has 0 bridgehead atoms. The molecule has 1 aromatic carbocycles. The van der Waals surface area contributed by atoms with Crippen molar-refractivity contribution in [1.82, 2.24) is 15.1 Å². The number of hydrogen-bond acceptors (Lipinski definition) is 6. The second-order valence-corrected chi connectivity index (χ2v) is 12.5. The molecular weight excluding hydrogens is 508 g/mol. The summed E-state index contributed by atoms with van der Waals surface area (Å²) in [5.74, 6) is -0.412. The fraction of sp³-hybridized carbons (Fsp3) is 0.633. The molecule has 3 unspecified atom stereocenters. The van der Waals surface area contributed by atoms with Gasteiger partial charge < -0.3 is 26.2 Å². The number of primary amides is 1. The van der Waals surface area contributed by atoms with Gasteiger partial charge in [-0.15, -0.1) is 0 Å². The van der Waals surface area contributed by atoms with E-state index in [-0.39, 0.29) is 43.3 Å². The molecule has 2 aliphatic carbocycles. The van der Waals surface area contributed by atoms with Crippen molar-refractivity contribution in [3.63, 3.8) is 0 Å². The smallest absolute Gasteiger partial charge is 0.243 e. The number of anilines is 1. The predicted octanol–water partition coefficient (Wildman–Crippen LogP) is 2.90. The topological polar surface area (TPSA) is 149 Å². The van der Waals surface area contributed by atoms with Crippen molar-refractivity contribution >= 4 is 29.8 Å². The first-order valence-electron chi connectivity index (χ1n) is 14.1. The summed E-state index contributed by atoms with van der Waals surface area (Å²) in [6.07, 6.45) is 5.90. The number of likely N-dealkylation sites (tertiary alicyclic amines) is 1. The minimum absolute atomic E-state index is 0.0665. The van der Waals surface area contributed by atoms with Crippen LogP contribution in [0.4, 0.5) is 5.69 Å². The Morgan fingerprint density at radius 2 is 1.73 bits per heavy atom. The fourth-order valence-corrected chi connectivity index (χ4v) is 4.29. The Bertz CT molecular complexity index is 1010. The van der Waals surface area contributed by atoms with Gasteiger partial charge in [-0.25, -0.2) is 0 Å². The minimum Gasteiger partial charge on any atom is -0.372 e. The lowest BCUT2D eigenvalue weighted by molar-refractivity contribution is -0.140. The van der Waals surface area contributed by atoms with Crippen LogP contribution >= 0.6 is 0 Å². The number of nitriles is 1. The van der Waals surface area contributed by atoms with Gasteiger partial charge in [0.2, 0.25) is 24.1 Å². The molecule has 3 aliphatic rings. The predicted molar refractivity (Wildman–Crippen MR) is 155 cm³/mol. The third kappa shape index (κ3) is 12.2. The Labute approximate surface area is 238 Å². The second-order valence-electron chi connectivity index (χ2n) is 12.5. The van der Waals surface area contributed by atoms with Crippen molar-refractivity contribution in [1.29, 1.82) is 5.26 Å². The number of nitrogens with two attached hydrogens (primary N) is 1. The van der Waals surface area contributed by atoms with E-state index in [1.54, 1.807) is 19.2 Å². The molecule has 2 saturated carbocycles. The molecule has 3 fully saturated rings. The SMILES string of the molecule is CC(C)(C)C.CN(CC(=O)N1CC(C(=O)Nc2ccccc2)CC1C#N)C(=O)C(CC1CC1)NC1CC1.NC=O. The fourth-order valence-electron chi connectivity index (χ4n) is 4.29. The summed E-state index contributed by atoms with van der Waals surface area (Å²) in [6, 6.07) is 10.8. The van der Waals surface area contributed by atoms with Crippen molar-refractivity contribution in [3.8, 4) is 6.07 Å². The standard InChI is InChI=1S/C24H31N5O3.C5H12.CH3NO/c1-28(24(32)21(11-16-7-8-16)26-19-9-10-19)15-22(30)29-14-17(12-20(29)13-25)23(31)27-18-5-3-2-4-6-18;1-5(2,3)4;2-1-3/h2-6,16-17,19-21,26H,7-12,14-15H2,1H3,(H,27,31);1-4H3;1H,(H2,2,3). The average molecular weight is 555 g/mol. The number of nitrogens with zero attached hydrogens (tertiary/aromatic N) is 3. The van der Waals surface area contributed by atoms with Gasteiger partial charge >= 0.3 is 0 Å². The number of nitrogens with one attached hydrogen (secondary N) is 2. The van der Waals surface area contributed by atoms with Crippen LogP contribution in [0.5, 0.6) is 0 Å². The summed E-state index contributed by atoms with van der Waals surface area (Å²) in [5, 5.41) is 15.8. The summed E-state index contributed by atoms with van der Waals surface area (Å²) in [6.45, 7) is 8.85. The first kappa shape index (κ1) is 32.8. The Balaban J connectivity index is 0.000000621. The van der Waals surface area contributed by atoms with E-state index in [9.17, 15) is 19.6 Å². The third-order valence-electron chi connectivity index (χ3n) is 6.51. The molecule has 4 amide bonds. The maximum absolute atomic E-state index is 13.0. The van der Waals surface area contributed by atoms with Gasteiger partial charge in [0, 0.05) is 25.3 Å². The molecule has 1 saturated heterocycles. The van der Waals surface area contributed by atoms with Crippen LogP contribution in [0.2, 0.25) is 0 Å². The highest BCUT2D eigenvalue weighted by atomic mass is 16.2. The van der Waals surface area contributed by atoms with E-state index in [0.717, 1.165) is 19.3 Å². The van der Waals surface area contributed by atoms with E-state index in [1.165, 1.54) is 22.6 Å². The van der Waals surface area contributed by atoms with Crippen LogP contribution in [0.15, 0.2) is 30.3 Å². The van der Waals surface area contributed by atoms with Gasteiger partial charge in [-0.2, -0.15) is 5.26 Å². The van der Waals surface area contributed by atoms with E-state index in [2.05, 4.69) is 50.1 Å². The summed E-state index contributed by atoms with van der Waals surface area (Å²) < 4.78 is 0. The van der Waals surface area contributed by atoms with Gasteiger partial charge in [0.1, 0.15) is 6.04 Å². The average Bonchev–Trinajstić information content (AvgIpc) is 3.82. The number of rotatable bonds is 9. The van der Waals surface area contributed by atoms with Crippen molar-refractivity contribution in [3.05, 3.63) is 30.3 Å². The molecule has 4 N–H and O–H groups in total. The lowest BCUT2D eigenvalue weighted by Gasteiger charge is -2.27. The van der Waals surface area contributed by atoms with Crippen LogP contribution in [0.1, 0.15) is 66.2 Å². The Kier molecular flexibility index (Phi) is 12.6. The van der Waals surface area contributed by atoms with Crippen molar-refractivity contribution in [2.75, 3.05) is 25.5 Å². The normalized spacial score (nSPS) is 20.4. The van der Waals surface area contributed by atoms with Gasteiger partial charge in [-0.05, 0) is 49.1 Å². The van der Waals surface area contributed by atoms with Crippen LogP contribution < -0.4 is 16.4 Å². The lowest BCUT2D eigenvalue weighted by atomic mass is 10.0. The van der Waals surface area contributed by atoms with E-state index in [0.29, 0.717) is 29.5 Å². The molecular formula is C30H46N6O4. The zero-order valence-electron chi connectivity index (χ0n) is 24.6. The molecule has 4 rings (SSSR count). The second kappa shape index (κ2) is 15.4. The molecule has 0 aromatic heterocycles. The van der Waals surface area contributed by atoms with Gasteiger partial charge in [0.05, 0.1) is 24.6 Å². The first-order chi connectivity index (χ1) is 18.9. The first-order valence-corrected chi connectivity index (χ1v) is 14.1. The van der Waals surface area contributed by atoms with Crippen LogP contribution in [0.3, 0.4) is 0 Å². The van der Waals surface area contributed by atoms with Crippen LogP contribution in [-0.4, -0.2) is 72.2 Å². The molecule has 0 radical (unpaired) electrons. The number of para-hydroxylation sites is 1. The molecule has 1 aliphatic heterocycles. The highest BCUT2D eigenvalue weighted by Gasteiger charge is 2.40. The van der Waals surface area contributed by atoms with Crippen molar-refractivity contribution < 1.29 is 19.2 Å². The van der Waals surface area contributed by atoms with Crippen molar-refractivity contribution in [2.45, 2.75) is 84.3 Å². The highest BCUT2D eigenvalue weighted by molar-refractivity contribution is 5.94. The Hall–Kier alpha value is -3.45. The van der Waals surface area contributed by atoms with Crippen molar-refractivity contribution in [2.24, 2.45) is 23.0 Å². The number of amides is 4. The van der Waals surface area contributed by atoms with Gasteiger partial charge in [0.25, 0.3) is 0 Å². The number of carbonyl (C=O) groups excluding carboxylic acids is 4. The van der Waals surface area contributed by atoms with Gasteiger partial charge in [-0.3, -0.25) is 19.2 Å². The number of benzene rings is 1. The molecule has 1 heterocycles. The molecule has 10 nitrogen and oxygen atoms in total. The lowest BCUT2D eigenvalue weighted by Crippen LogP contribution is -2.50. The summed E-state index contributed by atoms with van der Waals surface area (Å²) in [7, 11) is 1.64. The van der Waals surface area contributed by atoms with E-state index < -0.39 is 12.0 Å². The Morgan fingerprint density at radius 1 is 1.15 bits per heavy atom. The minimum atomic E-state index is -0.663.